The average Bonchev–Trinajstić information content (AvgIpc) is 3.29. The molecule has 1 saturated heterocycles. The number of aromatic nitrogens is 2. The number of aryl methyl sites for hydroxylation is 1. The fraction of sp³-hybridized carbons (Fsp3) is 0.516. The number of rotatable bonds is 5. The summed E-state index contributed by atoms with van der Waals surface area (Å²) in [6.45, 7) is 9.98. The molecular formula is C31H41N5O5. The van der Waals surface area contributed by atoms with Crippen molar-refractivity contribution in [3.05, 3.63) is 52.4 Å². The maximum atomic E-state index is 13.2. The number of nitrogens with zero attached hydrogens (tertiary/aromatic N) is 3. The number of hydrogen-bond acceptors (Lipinski definition) is 6. The largest absolute Gasteiger partial charge is 0.496 e. The molecule has 1 aromatic heterocycles. The molecule has 0 radical (unpaired) electrons. The molecule has 41 heavy (non-hydrogen) atoms. The van der Waals surface area contributed by atoms with Crippen molar-refractivity contribution in [1.29, 1.82) is 0 Å². The number of piperazine rings is 1. The number of hydrogen-bond donors (Lipinski definition) is 2. The van der Waals surface area contributed by atoms with Gasteiger partial charge in [-0.3, -0.25) is 9.36 Å². The van der Waals surface area contributed by atoms with E-state index >= 15 is 0 Å². The number of fused-ring (bicyclic) bond motifs is 1. The van der Waals surface area contributed by atoms with Gasteiger partial charge in [0.1, 0.15) is 11.4 Å². The Balaban J connectivity index is 1.24. The van der Waals surface area contributed by atoms with Crippen molar-refractivity contribution in [2.75, 3.05) is 43.5 Å². The minimum atomic E-state index is -0.527. The molecule has 0 bridgehead atoms. The molecule has 10 heteroatoms. The number of benzene rings is 2. The molecule has 1 saturated carbocycles. The molecule has 2 amide bonds. The van der Waals surface area contributed by atoms with Gasteiger partial charge in [0.25, 0.3) is 0 Å². The molecule has 0 spiro atoms. The second-order valence-corrected chi connectivity index (χ2v) is 12.1. The van der Waals surface area contributed by atoms with E-state index in [1.54, 1.807) is 12.0 Å². The van der Waals surface area contributed by atoms with Crippen molar-refractivity contribution in [2.45, 2.75) is 65.0 Å². The molecule has 2 heterocycles. The summed E-state index contributed by atoms with van der Waals surface area (Å²) in [6, 6.07) is 11.7. The Kier molecular flexibility index (Phi) is 8.02. The molecule has 0 unspecified atom stereocenters. The number of methoxy groups -OCH3 is 1. The Morgan fingerprint density at radius 2 is 1.71 bits per heavy atom. The average molecular weight is 564 g/mol. The Labute approximate surface area is 240 Å². The first kappa shape index (κ1) is 28.6. The van der Waals surface area contributed by atoms with Gasteiger partial charge in [-0.1, -0.05) is 12.1 Å². The van der Waals surface area contributed by atoms with E-state index in [2.05, 4.69) is 15.2 Å². The van der Waals surface area contributed by atoms with Gasteiger partial charge < -0.3 is 29.6 Å². The zero-order valence-electron chi connectivity index (χ0n) is 24.7. The molecule has 1 aliphatic carbocycles. The zero-order valence-corrected chi connectivity index (χ0v) is 24.7. The molecule has 2 aromatic carbocycles. The molecule has 3 aromatic rings. The van der Waals surface area contributed by atoms with Gasteiger partial charge in [-0.15, -0.1) is 0 Å². The van der Waals surface area contributed by atoms with Crippen molar-refractivity contribution in [1.82, 2.24) is 14.5 Å². The number of H-pyrrole nitrogens is 1. The second kappa shape index (κ2) is 11.5. The predicted molar refractivity (Wildman–Crippen MR) is 160 cm³/mol. The molecule has 10 nitrogen and oxygen atoms in total. The molecular weight excluding hydrogens is 522 g/mol. The van der Waals surface area contributed by atoms with Crippen LogP contribution in [-0.2, 0) is 9.53 Å². The highest BCUT2D eigenvalue weighted by molar-refractivity contribution is 5.93. The lowest BCUT2D eigenvalue weighted by Gasteiger charge is -2.37. The molecule has 0 atom stereocenters. The van der Waals surface area contributed by atoms with E-state index in [9.17, 15) is 14.4 Å². The Morgan fingerprint density at radius 3 is 2.37 bits per heavy atom. The van der Waals surface area contributed by atoms with E-state index in [1.807, 2.05) is 68.7 Å². The lowest BCUT2D eigenvalue weighted by atomic mass is 9.85. The zero-order chi connectivity index (χ0) is 29.3. The number of imidazole rings is 1. The van der Waals surface area contributed by atoms with Crippen molar-refractivity contribution in [2.24, 2.45) is 5.92 Å². The first-order valence-electron chi connectivity index (χ1n) is 14.5. The number of nitrogens with one attached hydrogen (secondary N) is 2. The number of aromatic amines is 1. The van der Waals surface area contributed by atoms with Crippen LogP contribution in [0.2, 0.25) is 0 Å². The van der Waals surface area contributed by atoms with Crippen LogP contribution in [0.4, 0.5) is 16.2 Å². The summed E-state index contributed by atoms with van der Waals surface area (Å²) in [5.41, 5.74) is 3.75. The van der Waals surface area contributed by atoms with E-state index < -0.39 is 5.60 Å². The van der Waals surface area contributed by atoms with E-state index in [-0.39, 0.29) is 29.6 Å². The van der Waals surface area contributed by atoms with Gasteiger partial charge in [0, 0.05) is 49.9 Å². The first-order chi connectivity index (χ1) is 19.5. The maximum Gasteiger partial charge on any atom is 0.410 e. The highest BCUT2D eigenvalue weighted by Crippen LogP contribution is 2.35. The third-order valence-corrected chi connectivity index (χ3v) is 8.11. The molecule has 2 fully saturated rings. The van der Waals surface area contributed by atoms with Crippen LogP contribution < -0.4 is 20.6 Å². The summed E-state index contributed by atoms with van der Waals surface area (Å²) in [5.74, 6) is 0.652. The summed E-state index contributed by atoms with van der Waals surface area (Å²) in [6.07, 6.45) is 2.63. The van der Waals surface area contributed by atoms with Gasteiger partial charge in [0.2, 0.25) is 5.91 Å². The monoisotopic (exact) mass is 563 g/mol. The summed E-state index contributed by atoms with van der Waals surface area (Å²) < 4.78 is 12.8. The van der Waals surface area contributed by atoms with Gasteiger partial charge in [0.15, 0.2) is 0 Å². The van der Waals surface area contributed by atoms with E-state index in [0.717, 1.165) is 46.6 Å². The fourth-order valence-electron chi connectivity index (χ4n) is 5.95. The Hall–Kier alpha value is -3.95. The topological polar surface area (TPSA) is 109 Å². The van der Waals surface area contributed by atoms with Crippen molar-refractivity contribution >= 4 is 34.4 Å². The fourth-order valence-corrected chi connectivity index (χ4v) is 5.95. The van der Waals surface area contributed by atoms with Crippen LogP contribution in [-0.4, -0.2) is 65.3 Å². The van der Waals surface area contributed by atoms with Crippen LogP contribution in [0.25, 0.3) is 11.0 Å². The SMILES string of the molecule is COc1cc(NC(=O)[C@H]2CC[C@@H](n3c(=O)[nH]c4c(N5CCN(C(=O)OC(C)(C)C)CC5)cccc43)CC2)ccc1C. The number of anilines is 2. The van der Waals surface area contributed by atoms with E-state index in [1.165, 1.54) is 0 Å². The predicted octanol–water partition coefficient (Wildman–Crippen LogP) is 5.07. The summed E-state index contributed by atoms with van der Waals surface area (Å²) >= 11 is 0. The van der Waals surface area contributed by atoms with Crippen LogP contribution >= 0.6 is 0 Å². The number of ether oxygens (including phenoxy) is 2. The highest BCUT2D eigenvalue weighted by Gasteiger charge is 2.31. The van der Waals surface area contributed by atoms with Gasteiger partial charge in [-0.2, -0.15) is 0 Å². The quantitative estimate of drug-likeness (QED) is 0.449. The number of amides is 2. The summed E-state index contributed by atoms with van der Waals surface area (Å²) in [4.78, 5) is 45.8. The molecule has 5 rings (SSSR count). The Morgan fingerprint density at radius 1 is 1.00 bits per heavy atom. The summed E-state index contributed by atoms with van der Waals surface area (Å²) in [5, 5.41) is 3.04. The van der Waals surface area contributed by atoms with Crippen LogP contribution in [0.15, 0.2) is 41.2 Å². The van der Waals surface area contributed by atoms with Gasteiger partial charge in [0.05, 0.1) is 23.8 Å². The number of carbonyl (C=O) groups excluding carboxylic acids is 2. The van der Waals surface area contributed by atoms with E-state index in [0.29, 0.717) is 39.0 Å². The van der Waals surface area contributed by atoms with Crippen LogP contribution in [0.3, 0.4) is 0 Å². The van der Waals surface area contributed by atoms with Crippen LogP contribution in [0, 0.1) is 12.8 Å². The van der Waals surface area contributed by atoms with E-state index in [4.69, 9.17) is 9.47 Å². The third kappa shape index (κ3) is 6.21. The molecule has 2 N–H and O–H groups in total. The minimum Gasteiger partial charge on any atom is -0.496 e. The number of para-hydroxylation sites is 1. The van der Waals surface area contributed by atoms with Crippen LogP contribution in [0.1, 0.15) is 58.1 Å². The molecule has 2 aliphatic rings. The van der Waals surface area contributed by atoms with Crippen molar-refractivity contribution in [3.8, 4) is 5.75 Å². The van der Waals surface area contributed by atoms with Crippen molar-refractivity contribution in [3.63, 3.8) is 0 Å². The normalized spacial score (nSPS) is 19.7. The first-order valence-corrected chi connectivity index (χ1v) is 14.5. The molecule has 220 valence electrons. The van der Waals surface area contributed by atoms with Crippen LogP contribution in [0.5, 0.6) is 5.75 Å². The van der Waals surface area contributed by atoms with Gasteiger partial charge in [-0.25, -0.2) is 9.59 Å². The Bertz CT molecular complexity index is 1470. The van der Waals surface area contributed by atoms with Gasteiger partial charge in [-0.05, 0) is 77.1 Å². The second-order valence-electron chi connectivity index (χ2n) is 12.1. The highest BCUT2D eigenvalue weighted by atomic mass is 16.6. The van der Waals surface area contributed by atoms with Crippen molar-refractivity contribution < 1.29 is 19.1 Å². The lowest BCUT2D eigenvalue weighted by molar-refractivity contribution is -0.121. The smallest absolute Gasteiger partial charge is 0.410 e. The maximum absolute atomic E-state index is 13.2. The minimum absolute atomic E-state index is 0.00781. The third-order valence-electron chi connectivity index (χ3n) is 8.11. The lowest BCUT2D eigenvalue weighted by Crippen LogP contribution is -2.50. The molecule has 1 aliphatic heterocycles. The standard InChI is InChI=1S/C31H41N5O5/c1-20-9-12-22(19-26(20)40-5)32-28(37)21-10-13-23(14-11-21)36-25-8-6-7-24(27(25)33-29(36)38)34-15-17-35(18-16-34)30(39)41-31(2,3)4/h6-9,12,19,21,23H,10-11,13-18H2,1-5H3,(H,32,37)(H,33,38)/t21-,23+. The number of carbonyl (C=O) groups is 2. The summed E-state index contributed by atoms with van der Waals surface area (Å²) in [7, 11) is 1.62. The van der Waals surface area contributed by atoms with Gasteiger partial charge >= 0.3 is 11.8 Å².